The summed E-state index contributed by atoms with van der Waals surface area (Å²) >= 11 is 0. The third-order valence-electron chi connectivity index (χ3n) is 5.41. The van der Waals surface area contributed by atoms with Crippen LogP contribution < -0.4 is 10.1 Å². The predicted octanol–water partition coefficient (Wildman–Crippen LogP) is 4.03. The number of amides is 1. The molecule has 3 N–H and O–H groups in total. The van der Waals surface area contributed by atoms with E-state index in [-0.39, 0.29) is 18.8 Å². The number of hydrogen-bond acceptors (Lipinski definition) is 5. The summed E-state index contributed by atoms with van der Waals surface area (Å²) in [6.45, 7) is -0.0102. The van der Waals surface area contributed by atoms with E-state index in [2.05, 4.69) is 5.32 Å². The first kappa shape index (κ1) is 22.1. The Balaban J connectivity index is 1.46. The Morgan fingerprint density at radius 1 is 0.939 bits per heavy atom. The molecule has 0 spiro atoms. The second-order valence-corrected chi connectivity index (χ2v) is 7.63. The maximum Gasteiger partial charge on any atom is 0.326 e. The van der Waals surface area contributed by atoms with Gasteiger partial charge >= 0.3 is 5.97 Å². The Labute approximate surface area is 190 Å². The number of carboxylic acid groups (broad SMARTS) is 1. The minimum atomic E-state index is -1.13. The van der Waals surface area contributed by atoms with Crippen LogP contribution in [0.15, 0.2) is 77.2 Å². The SMILES string of the molecule is COc1ccc2oc(C(=O)NC(Cc3ccc(-c4ccc(CO)cc4)cc3)C(=O)O)cc2c1. The lowest BCUT2D eigenvalue weighted by atomic mass is 10.00. The number of ether oxygens (including phenoxy) is 1. The number of carbonyl (C=O) groups excluding carboxylic acids is 1. The van der Waals surface area contributed by atoms with Crippen LogP contribution in [0.25, 0.3) is 22.1 Å². The van der Waals surface area contributed by atoms with E-state index in [1.54, 1.807) is 31.4 Å². The first-order valence-electron chi connectivity index (χ1n) is 10.4. The van der Waals surface area contributed by atoms with Crippen LogP contribution in [0.3, 0.4) is 0 Å². The molecule has 7 heteroatoms. The highest BCUT2D eigenvalue weighted by Crippen LogP contribution is 2.24. The topological polar surface area (TPSA) is 109 Å². The van der Waals surface area contributed by atoms with Gasteiger partial charge in [0.15, 0.2) is 5.76 Å². The zero-order valence-electron chi connectivity index (χ0n) is 17.9. The molecular formula is C26H23NO6. The fourth-order valence-corrected chi connectivity index (χ4v) is 3.56. The minimum absolute atomic E-state index is 0.0102. The lowest BCUT2D eigenvalue weighted by Gasteiger charge is -2.14. The molecule has 0 aliphatic carbocycles. The van der Waals surface area contributed by atoms with Crippen LogP contribution in [-0.4, -0.2) is 35.2 Å². The molecule has 7 nitrogen and oxygen atoms in total. The lowest BCUT2D eigenvalue weighted by molar-refractivity contribution is -0.139. The summed E-state index contributed by atoms with van der Waals surface area (Å²) in [7, 11) is 1.55. The molecule has 1 atom stereocenters. The van der Waals surface area contributed by atoms with Crippen molar-refractivity contribution in [1.82, 2.24) is 5.32 Å². The fourth-order valence-electron chi connectivity index (χ4n) is 3.56. The second-order valence-electron chi connectivity index (χ2n) is 7.63. The normalized spacial score (nSPS) is 11.8. The van der Waals surface area contributed by atoms with E-state index < -0.39 is 17.9 Å². The molecule has 0 fully saturated rings. The van der Waals surface area contributed by atoms with Gasteiger partial charge in [0.05, 0.1) is 13.7 Å². The molecule has 0 aliphatic heterocycles. The van der Waals surface area contributed by atoms with Crippen molar-refractivity contribution < 1.29 is 29.0 Å². The van der Waals surface area contributed by atoms with Crippen LogP contribution in [0.2, 0.25) is 0 Å². The molecular weight excluding hydrogens is 422 g/mol. The third kappa shape index (κ3) is 5.05. The van der Waals surface area contributed by atoms with Crippen LogP contribution in [0.5, 0.6) is 5.75 Å². The smallest absolute Gasteiger partial charge is 0.326 e. The molecule has 1 amide bonds. The van der Waals surface area contributed by atoms with E-state index >= 15 is 0 Å². The highest BCUT2D eigenvalue weighted by Gasteiger charge is 2.23. The van der Waals surface area contributed by atoms with E-state index in [4.69, 9.17) is 14.3 Å². The summed E-state index contributed by atoms with van der Waals surface area (Å²) in [5, 5.41) is 22.0. The van der Waals surface area contributed by atoms with Crippen molar-refractivity contribution in [2.75, 3.05) is 7.11 Å². The minimum Gasteiger partial charge on any atom is -0.497 e. The van der Waals surface area contributed by atoms with Crippen molar-refractivity contribution in [1.29, 1.82) is 0 Å². The lowest BCUT2D eigenvalue weighted by Crippen LogP contribution is -2.42. The number of hydrogen-bond donors (Lipinski definition) is 3. The standard InChI is InChI=1S/C26H23NO6/c1-32-21-10-11-23-20(13-21)14-24(33-23)25(29)27-22(26(30)31)12-16-2-6-18(7-3-16)19-8-4-17(15-28)5-9-19/h2-11,13-14,22,28H,12,15H2,1H3,(H,27,29)(H,30,31). The van der Waals surface area contributed by atoms with Gasteiger partial charge in [0.2, 0.25) is 0 Å². The van der Waals surface area contributed by atoms with Crippen LogP contribution in [0, 0.1) is 0 Å². The Kier molecular flexibility index (Phi) is 6.42. The molecule has 1 aromatic heterocycles. The highest BCUT2D eigenvalue weighted by atomic mass is 16.5. The first-order chi connectivity index (χ1) is 16.0. The molecule has 3 aromatic carbocycles. The number of fused-ring (bicyclic) bond motifs is 1. The molecule has 33 heavy (non-hydrogen) atoms. The zero-order valence-corrected chi connectivity index (χ0v) is 17.9. The Morgan fingerprint density at radius 2 is 1.58 bits per heavy atom. The van der Waals surface area contributed by atoms with E-state index in [1.165, 1.54) is 0 Å². The van der Waals surface area contributed by atoms with E-state index in [0.717, 1.165) is 22.3 Å². The molecule has 1 unspecified atom stereocenters. The van der Waals surface area contributed by atoms with Crippen LogP contribution in [0.1, 0.15) is 21.7 Å². The van der Waals surface area contributed by atoms with Crippen molar-refractivity contribution in [3.8, 4) is 16.9 Å². The van der Waals surface area contributed by atoms with Gasteiger partial charge in [-0.05, 0) is 46.5 Å². The summed E-state index contributed by atoms with van der Waals surface area (Å²) < 4.78 is 10.7. The van der Waals surface area contributed by atoms with Crippen molar-refractivity contribution >= 4 is 22.8 Å². The number of nitrogens with one attached hydrogen (secondary N) is 1. The molecule has 0 radical (unpaired) electrons. The van der Waals surface area contributed by atoms with Crippen molar-refractivity contribution in [3.63, 3.8) is 0 Å². The van der Waals surface area contributed by atoms with Crippen LogP contribution >= 0.6 is 0 Å². The number of benzene rings is 3. The largest absolute Gasteiger partial charge is 0.497 e. The number of aliphatic hydroxyl groups excluding tert-OH is 1. The van der Waals surface area contributed by atoms with E-state index in [0.29, 0.717) is 16.7 Å². The summed E-state index contributed by atoms with van der Waals surface area (Å²) in [4.78, 5) is 24.4. The van der Waals surface area contributed by atoms with Crippen molar-refractivity contribution in [2.45, 2.75) is 19.1 Å². The van der Waals surface area contributed by atoms with Gasteiger partial charge in [-0.2, -0.15) is 0 Å². The number of methoxy groups -OCH3 is 1. The monoisotopic (exact) mass is 445 g/mol. The van der Waals surface area contributed by atoms with Crippen molar-refractivity contribution in [2.24, 2.45) is 0 Å². The number of aliphatic hydroxyl groups is 1. The van der Waals surface area contributed by atoms with Gasteiger partial charge in [-0.1, -0.05) is 48.5 Å². The van der Waals surface area contributed by atoms with Gasteiger partial charge in [-0.25, -0.2) is 4.79 Å². The molecule has 0 bridgehead atoms. The maximum atomic E-state index is 12.6. The molecule has 4 rings (SSSR count). The van der Waals surface area contributed by atoms with Crippen LogP contribution in [-0.2, 0) is 17.8 Å². The maximum absolute atomic E-state index is 12.6. The number of carboxylic acids is 1. The Morgan fingerprint density at radius 3 is 2.15 bits per heavy atom. The number of furan rings is 1. The van der Waals surface area contributed by atoms with Gasteiger partial charge in [0, 0.05) is 11.8 Å². The number of carbonyl (C=O) groups is 2. The van der Waals surface area contributed by atoms with Gasteiger partial charge in [0.25, 0.3) is 5.91 Å². The van der Waals surface area contributed by atoms with Gasteiger partial charge in [-0.15, -0.1) is 0 Å². The summed E-state index contributed by atoms with van der Waals surface area (Å²) in [5.41, 5.74) is 4.07. The molecule has 0 saturated heterocycles. The third-order valence-corrected chi connectivity index (χ3v) is 5.41. The number of aliphatic carboxylic acids is 1. The van der Waals surface area contributed by atoms with Gasteiger partial charge in [-0.3, -0.25) is 4.79 Å². The predicted molar refractivity (Wildman–Crippen MR) is 123 cm³/mol. The average Bonchev–Trinajstić information content (AvgIpc) is 3.27. The molecule has 168 valence electrons. The van der Waals surface area contributed by atoms with Crippen molar-refractivity contribution in [3.05, 3.63) is 89.7 Å². The van der Waals surface area contributed by atoms with Gasteiger partial charge in [0.1, 0.15) is 17.4 Å². The highest BCUT2D eigenvalue weighted by molar-refractivity contribution is 5.98. The second kappa shape index (κ2) is 9.58. The average molecular weight is 445 g/mol. The quantitative estimate of drug-likeness (QED) is 0.378. The fraction of sp³-hybridized carbons (Fsp3) is 0.154. The molecule has 4 aromatic rings. The van der Waals surface area contributed by atoms with E-state index in [1.807, 2.05) is 48.5 Å². The summed E-state index contributed by atoms with van der Waals surface area (Å²) in [6, 6.07) is 20.6. The van der Waals surface area contributed by atoms with E-state index in [9.17, 15) is 14.7 Å². The number of rotatable bonds is 8. The van der Waals surface area contributed by atoms with Gasteiger partial charge < -0.3 is 24.7 Å². The Hall–Kier alpha value is -4.10. The Bertz CT molecular complexity index is 1270. The first-order valence-corrected chi connectivity index (χ1v) is 10.4. The summed E-state index contributed by atoms with van der Waals surface area (Å²) in [5.74, 6) is -1.07. The zero-order chi connectivity index (χ0) is 23.4. The molecule has 1 heterocycles. The molecule has 0 saturated carbocycles. The summed E-state index contributed by atoms with van der Waals surface area (Å²) in [6.07, 6.45) is 0.124. The van der Waals surface area contributed by atoms with Crippen LogP contribution in [0.4, 0.5) is 0 Å². The molecule has 0 aliphatic rings.